The largest absolute Gasteiger partial charge is 0.468 e. The SMILES string of the molecule is COC(=O)C(NC1C(C)CCCC1C)C(C)C. The van der Waals surface area contributed by atoms with Crippen molar-refractivity contribution in [2.45, 2.75) is 59.0 Å². The molecule has 1 rings (SSSR count). The normalized spacial score (nSPS) is 31.3. The molecule has 1 aliphatic carbocycles. The zero-order valence-corrected chi connectivity index (χ0v) is 11.8. The molecule has 0 radical (unpaired) electrons. The van der Waals surface area contributed by atoms with E-state index in [-0.39, 0.29) is 17.9 Å². The second-order valence-electron chi connectivity index (χ2n) is 5.82. The van der Waals surface area contributed by atoms with Crippen molar-refractivity contribution in [1.82, 2.24) is 5.32 Å². The van der Waals surface area contributed by atoms with Crippen molar-refractivity contribution in [2.75, 3.05) is 7.11 Å². The predicted molar refractivity (Wildman–Crippen MR) is 69.7 cm³/mol. The number of carbonyl (C=O) groups is 1. The summed E-state index contributed by atoms with van der Waals surface area (Å²) in [6.07, 6.45) is 3.83. The summed E-state index contributed by atoms with van der Waals surface area (Å²) >= 11 is 0. The molecule has 0 aromatic heterocycles. The molecule has 3 unspecified atom stereocenters. The topological polar surface area (TPSA) is 38.3 Å². The lowest BCUT2D eigenvalue weighted by atomic mass is 9.78. The van der Waals surface area contributed by atoms with E-state index in [4.69, 9.17) is 4.74 Å². The molecular formula is C14H27NO2. The number of rotatable bonds is 4. The minimum Gasteiger partial charge on any atom is -0.468 e. The van der Waals surface area contributed by atoms with E-state index in [0.717, 1.165) is 0 Å². The number of esters is 1. The van der Waals surface area contributed by atoms with Crippen LogP contribution in [0.5, 0.6) is 0 Å². The van der Waals surface area contributed by atoms with Gasteiger partial charge in [-0.15, -0.1) is 0 Å². The number of nitrogens with one attached hydrogen (secondary N) is 1. The molecule has 0 saturated heterocycles. The van der Waals surface area contributed by atoms with E-state index in [1.54, 1.807) is 0 Å². The average molecular weight is 241 g/mol. The van der Waals surface area contributed by atoms with E-state index < -0.39 is 0 Å². The number of ether oxygens (including phenoxy) is 1. The van der Waals surface area contributed by atoms with Crippen LogP contribution in [0.2, 0.25) is 0 Å². The van der Waals surface area contributed by atoms with E-state index in [1.807, 2.05) is 0 Å². The highest BCUT2D eigenvalue weighted by Gasteiger charge is 2.33. The summed E-state index contributed by atoms with van der Waals surface area (Å²) in [4.78, 5) is 11.8. The molecule has 0 amide bonds. The molecular weight excluding hydrogens is 214 g/mol. The van der Waals surface area contributed by atoms with Gasteiger partial charge in [-0.25, -0.2) is 0 Å². The first-order chi connectivity index (χ1) is 7.97. The highest BCUT2D eigenvalue weighted by molar-refractivity contribution is 5.76. The van der Waals surface area contributed by atoms with Crippen LogP contribution in [0.4, 0.5) is 0 Å². The Balaban J connectivity index is 2.67. The Morgan fingerprint density at radius 1 is 1.24 bits per heavy atom. The van der Waals surface area contributed by atoms with E-state index in [2.05, 4.69) is 33.0 Å². The first kappa shape index (κ1) is 14.5. The molecule has 3 atom stereocenters. The van der Waals surface area contributed by atoms with Crippen molar-refractivity contribution in [2.24, 2.45) is 17.8 Å². The van der Waals surface area contributed by atoms with Crippen molar-refractivity contribution >= 4 is 5.97 Å². The standard InChI is InChI=1S/C14H27NO2/c1-9(2)12(14(16)17-5)15-13-10(3)7-6-8-11(13)4/h9-13,15H,6-8H2,1-5H3. The summed E-state index contributed by atoms with van der Waals surface area (Å²) in [5.41, 5.74) is 0. The van der Waals surface area contributed by atoms with Gasteiger partial charge >= 0.3 is 5.97 Å². The first-order valence-electron chi connectivity index (χ1n) is 6.81. The zero-order chi connectivity index (χ0) is 13.0. The fraction of sp³-hybridized carbons (Fsp3) is 0.929. The van der Waals surface area contributed by atoms with Gasteiger partial charge in [0.25, 0.3) is 0 Å². The third-order valence-electron chi connectivity index (χ3n) is 4.04. The molecule has 0 heterocycles. The summed E-state index contributed by atoms with van der Waals surface area (Å²) in [5.74, 6) is 1.42. The van der Waals surface area contributed by atoms with Crippen LogP contribution >= 0.6 is 0 Å². The fourth-order valence-electron chi connectivity index (χ4n) is 2.88. The fourth-order valence-corrected chi connectivity index (χ4v) is 2.88. The molecule has 17 heavy (non-hydrogen) atoms. The van der Waals surface area contributed by atoms with Gasteiger partial charge in [0.15, 0.2) is 0 Å². The van der Waals surface area contributed by atoms with Gasteiger partial charge in [-0.1, -0.05) is 34.1 Å². The predicted octanol–water partition coefficient (Wildman–Crippen LogP) is 2.60. The van der Waals surface area contributed by atoms with E-state index >= 15 is 0 Å². The summed E-state index contributed by atoms with van der Waals surface area (Å²) in [6.45, 7) is 8.68. The Morgan fingerprint density at radius 3 is 2.18 bits per heavy atom. The quantitative estimate of drug-likeness (QED) is 0.769. The molecule has 1 N–H and O–H groups in total. The van der Waals surface area contributed by atoms with Gasteiger partial charge in [0.05, 0.1) is 7.11 Å². The smallest absolute Gasteiger partial charge is 0.323 e. The molecule has 0 aromatic carbocycles. The van der Waals surface area contributed by atoms with Gasteiger partial charge in [0.1, 0.15) is 6.04 Å². The second-order valence-corrected chi connectivity index (χ2v) is 5.82. The number of carbonyl (C=O) groups excluding carboxylic acids is 1. The van der Waals surface area contributed by atoms with Crippen LogP contribution in [-0.4, -0.2) is 25.2 Å². The molecule has 0 aliphatic heterocycles. The number of hydrogen-bond acceptors (Lipinski definition) is 3. The monoisotopic (exact) mass is 241 g/mol. The highest BCUT2D eigenvalue weighted by atomic mass is 16.5. The zero-order valence-electron chi connectivity index (χ0n) is 11.8. The summed E-state index contributed by atoms with van der Waals surface area (Å²) in [6, 6.07) is 0.267. The van der Waals surface area contributed by atoms with Gasteiger partial charge in [-0.2, -0.15) is 0 Å². The Kier molecular flexibility index (Phi) is 5.44. The molecule has 3 heteroatoms. The average Bonchev–Trinajstić information content (AvgIpc) is 2.27. The summed E-state index contributed by atoms with van der Waals surface area (Å²) in [5, 5.41) is 3.53. The lowest BCUT2D eigenvalue weighted by Gasteiger charge is -2.38. The van der Waals surface area contributed by atoms with Crippen LogP contribution in [0.3, 0.4) is 0 Å². The van der Waals surface area contributed by atoms with E-state index in [0.29, 0.717) is 17.9 Å². The Morgan fingerprint density at radius 2 is 1.76 bits per heavy atom. The third kappa shape index (κ3) is 3.70. The molecule has 3 nitrogen and oxygen atoms in total. The number of hydrogen-bond donors (Lipinski definition) is 1. The van der Waals surface area contributed by atoms with Crippen molar-refractivity contribution in [3.63, 3.8) is 0 Å². The van der Waals surface area contributed by atoms with Crippen molar-refractivity contribution in [3.05, 3.63) is 0 Å². The molecule has 0 spiro atoms. The van der Waals surface area contributed by atoms with Crippen molar-refractivity contribution in [3.8, 4) is 0 Å². The van der Waals surface area contributed by atoms with Gasteiger partial charge in [0.2, 0.25) is 0 Å². The van der Waals surface area contributed by atoms with Gasteiger partial charge < -0.3 is 10.1 Å². The lowest BCUT2D eigenvalue weighted by Crippen LogP contribution is -2.52. The minimum atomic E-state index is -0.173. The minimum absolute atomic E-state index is 0.134. The van der Waals surface area contributed by atoms with Crippen LogP contribution in [0.1, 0.15) is 47.0 Å². The van der Waals surface area contributed by atoms with Crippen molar-refractivity contribution in [1.29, 1.82) is 0 Å². The van der Waals surface area contributed by atoms with Crippen molar-refractivity contribution < 1.29 is 9.53 Å². The van der Waals surface area contributed by atoms with Crippen LogP contribution in [0.15, 0.2) is 0 Å². The summed E-state index contributed by atoms with van der Waals surface area (Å²) < 4.78 is 4.88. The molecule has 0 bridgehead atoms. The molecule has 1 aliphatic rings. The van der Waals surface area contributed by atoms with Gasteiger partial charge in [-0.3, -0.25) is 4.79 Å². The Labute approximate surface area is 105 Å². The van der Waals surface area contributed by atoms with E-state index in [9.17, 15) is 4.79 Å². The van der Waals surface area contributed by atoms with Crippen LogP contribution < -0.4 is 5.32 Å². The molecule has 1 fully saturated rings. The summed E-state index contributed by atoms with van der Waals surface area (Å²) in [7, 11) is 1.47. The van der Waals surface area contributed by atoms with Gasteiger partial charge in [0, 0.05) is 6.04 Å². The highest BCUT2D eigenvalue weighted by Crippen LogP contribution is 2.29. The molecule has 0 aromatic rings. The maximum Gasteiger partial charge on any atom is 0.323 e. The van der Waals surface area contributed by atoms with Crippen LogP contribution in [0.25, 0.3) is 0 Å². The maximum atomic E-state index is 11.8. The number of methoxy groups -OCH3 is 1. The maximum absolute atomic E-state index is 11.8. The first-order valence-corrected chi connectivity index (χ1v) is 6.81. The lowest BCUT2D eigenvalue weighted by molar-refractivity contribution is -0.144. The van der Waals surface area contributed by atoms with Gasteiger partial charge in [-0.05, 0) is 30.6 Å². The molecule has 100 valence electrons. The Bertz CT molecular complexity index is 243. The Hall–Kier alpha value is -0.570. The van der Waals surface area contributed by atoms with Crippen LogP contribution in [-0.2, 0) is 9.53 Å². The second kappa shape index (κ2) is 6.39. The van der Waals surface area contributed by atoms with E-state index in [1.165, 1.54) is 26.4 Å². The third-order valence-corrected chi connectivity index (χ3v) is 4.04. The van der Waals surface area contributed by atoms with Crippen LogP contribution in [0, 0.1) is 17.8 Å². The molecule has 1 saturated carbocycles.